The molecule has 2 aromatic rings. The highest BCUT2D eigenvalue weighted by Crippen LogP contribution is 2.31. The summed E-state index contributed by atoms with van der Waals surface area (Å²) < 4.78 is 27.3. The normalized spacial score (nSPS) is 15.6. The van der Waals surface area contributed by atoms with Crippen molar-refractivity contribution >= 4 is 52.4 Å². The van der Waals surface area contributed by atoms with E-state index >= 15 is 0 Å². The lowest BCUT2D eigenvalue weighted by molar-refractivity contribution is 0.0952. The highest BCUT2D eigenvalue weighted by Gasteiger charge is 2.23. The van der Waals surface area contributed by atoms with Crippen LogP contribution in [0.25, 0.3) is 0 Å². The molecule has 2 aromatic carbocycles. The van der Waals surface area contributed by atoms with E-state index in [1.54, 1.807) is 29.2 Å². The van der Waals surface area contributed by atoms with Crippen LogP contribution in [0.4, 0.5) is 25.0 Å². The molecule has 12 heteroatoms. The van der Waals surface area contributed by atoms with Crippen LogP contribution in [0, 0.1) is 11.6 Å². The number of hydrogen-bond acceptors (Lipinski definition) is 4. The lowest BCUT2D eigenvalue weighted by Gasteiger charge is -2.26. The monoisotopic (exact) mass is 619 g/mol. The highest BCUT2D eigenvalue weighted by molar-refractivity contribution is 6.35. The summed E-state index contributed by atoms with van der Waals surface area (Å²) in [4.78, 5) is 42.3. The van der Waals surface area contributed by atoms with Crippen molar-refractivity contribution in [3.05, 3.63) is 80.9 Å². The van der Waals surface area contributed by atoms with E-state index in [9.17, 15) is 23.2 Å². The number of anilines is 2. The summed E-state index contributed by atoms with van der Waals surface area (Å²) in [5.41, 5.74) is 2.23. The molecule has 0 bridgehead atoms. The molecule has 0 atom stereocenters. The summed E-state index contributed by atoms with van der Waals surface area (Å²) in [6.07, 6.45) is 4.42. The molecule has 1 heterocycles. The molecule has 8 nitrogen and oxygen atoms in total. The molecular weight excluding hydrogens is 587 g/mol. The smallest absolute Gasteiger partial charge is 0.317 e. The molecule has 0 aromatic heterocycles. The predicted molar refractivity (Wildman–Crippen MR) is 161 cm³/mol. The van der Waals surface area contributed by atoms with Crippen molar-refractivity contribution < 1.29 is 23.2 Å². The maximum atomic E-state index is 13.8. The van der Waals surface area contributed by atoms with Crippen LogP contribution in [0.5, 0.6) is 0 Å². The van der Waals surface area contributed by atoms with Crippen molar-refractivity contribution in [3.63, 3.8) is 0 Å². The van der Waals surface area contributed by atoms with Crippen LogP contribution in [0.2, 0.25) is 0 Å². The number of carbonyl (C=O) groups excluding carboxylic acids is 3. The fraction of sp³-hybridized carbons (Fsp3) is 0.367. The minimum Gasteiger partial charge on any atom is -0.368 e. The molecular formula is C30H33Cl2F2N5O3. The molecule has 4 amide bonds. The number of allylic oxidation sites excluding steroid dienone is 3. The highest BCUT2D eigenvalue weighted by atomic mass is 35.5. The Morgan fingerprint density at radius 1 is 0.881 bits per heavy atom. The summed E-state index contributed by atoms with van der Waals surface area (Å²) in [6, 6.07) is 7.73. The average molecular weight is 621 g/mol. The summed E-state index contributed by atoms with van der Waals surface area (Å²) >= 11 is 12.3. The Balaban J connectivity index is 1.54. The zero-order chi connectivity index (χ0) is 30.2. The van der Waals surface area contributed by atoms with E-state index in [2.05, 4.69) is 16.0 Å². The predicted octanol–water partition coefficient (Wildman–Crippen LogP) is 5.99. The number of hydrogen-bond donors (Lipinski definition) is 3. The van der Waals surface area contributed by atoms with Gasteiger partial charge < -0.3 is 25.8 Å². The average Bonchev–Trinajstić information content (AvgIpc) is 3.22. The second-order valence-electron chi connectivity index (χ2n) is 10.0. The van der Waals surface area contributed by atoms with E-state index in [0.29, 0.717) is 85.5 Å². The van der Waals surface area contributed by atoms with Gasteiger partial charge in [0.2, 0.25) is 0 Å². The largest absolute Gasteiger partial charge is 0.368 e. The van der Waals surface area contributed by atoms with Crippen LogP contribution >= 0.6 is 23.2 Å². The first-order chi connectivity index (χ1) is 20.2. The van der Waals surface area contributed by atoms with Crippen LogP contribution in [0.1, 0.15) is 53.3 Å². The first-order valence-electron chi connectivity index (χ1n) is 13.9. The molecule has 1 fully saturated rings. The first kappa shape index (κ1) is 31.3. The zero-order valence-electron chi connectivity index (χ0n) is 23.2. The van der Waals surface area contributed by atoms with Crippen molar-refractivity contribution in [2.24, 2.45) is 0 Å². The van der Waals surface area contributed by atoms with Gasteiger partial charge in [-0.3, -0.25) is 9.59 Å². The van der Waals surface area contributed by atoms with Crippen molar-refractivity contribution in [1.29, 1.82) is 0 Å². The van der Waals surface area contributed by atoms with Crippen molar-refractivity contribution in [2.45, 2.75) is 32.6 Å². The van der Waals surface area contributed by atoms with E-state index in [1.165, 1.54) is 6.07 Å². The van der Waals surface area contributed by atoms with Gasteiger partial charge in [0.15, 0.2) is 11.6 Å². The number of amides is 4. The van der Waals surface area contributed by atoms with Gasteiger partial charge in [-0.1, -0.05) is 23.2 Å². The number of urea groups is 1. The Labute approximate surface area is 253 Å². The number of rotatable bonds is 8. The number of carbonyl (C=O) groups is 3. The third-order valence-corrected chi connectivity index (χ3v) is 7.81. The van der Waals surface area contributed by atoms with Crippen molar-refractivity contribution in [3.8, 4) is 0 Å². The van der Waals surface area contributed by atoms with Crippen LogP contribution in [-0.2, 0) is 0 Å². The van der Waals surface area contributed by atoms with E-state index in [1.807, 2.05) is 11.8 Å². The molecule has 0 unspecified atom stereocenters. The Hall–Kier alpha value is -3.63. The standard InChI is InChI=1S/C30H33Cl2F2N5O3/c1-2-35-30(42)39-13-3-12-38(14-15-39)27-9-6-21(28(40)36-11-10-19-4-7-22(31)18-23(19)32)17-26(27)37-29(41)20-5-8-24(33)25(34)16-20/h5-6,8-9,16-18H,2-4,7,10-15H2,1H3,(H,35,42)(H,36,40)(H,37,41). The minimum absolute atomic E-state index is 0.0697. The SMILES string of the molecule is CCNC(=O)N1CCCN(c2ccc(C(=O)NCCC3=C(Cl)C=C(Cl)CC3)cc2NC(=O)c2ccc(F)c(F)c2)CC1. The zero-order valence-corrected chi connectivity index (χ0v) is 24.8. The lowest BCUT2D eigenvalue weighted by atomic mass is 10.0. The summed E-state index contributed by atoms with van der Waals surface area (Å²) in [5, 5.41) is 9.77. The van der Waals surface area contributed by atoms with Gasteiger partial charge >= 0.3 is 6.03 Å². The third kappa shape index (κ3) is 8.01. The van der Waals surface area contributed by atoms with Gasteiger partial charge in [-0.25, -0.2) is 13.6 Å². The van der Waals surface area contributed by atoms with Gasteiger partial charge in [0.25, 0.3) is 11.8 Å². The second kappa shape index (κ2) is 14.5. The number of nitrogens with one attached hydrogen (secondary N) is 3. The Kier molecular flexibility index (Phi) is 10.8. The lowest BCUT2D eigenvalue weighted by Crippen LogP contribution is -2.42. The molecule has 4 rings (SSSR count). The fourth-order valence-electron chi connectivity index (χ4n) is 4.88. The number of benzene rings is 2. The molecule has 1 aliphatic heterocycles. The molecule has 42 heavy (non-hydrogen) atoms. The Morgan fingerprint density at radius 2 is 1.64 bits per heavy atom. The fourth-order valence-corrected chi connectivity index (χ4v) is 5.46. The van der Waals surface area contributed by atoms with Gasteiger partial charge in [-0.2, -0.15) is 0 Å². The summed E-state index contributed by atoms with van der Waals surface area (Å²) in [7, 11) is 0. The number of halogens is 4. The van der Waals surface area contributed by atoms with E-state index < -0.39 is 17.5 Å². The van der Waals surface area contributed by atoms with Gasteiger partial charge in [-0.15, -0.1) is 0 Å². The summed E-state index contributed by atoms with van der Waals surface area (Å²) in [5.74, 6) is -3.20. The molecule has 0 spiro atoms. The van der Waals surface area contributed by atoms with Gasteiger partial charge in [-0.05, 0) is 80.7 Å². The molecule has 2 aliphatic rings. The molecule has 224 valence electrons. The maximum Gasteiger partial charge on any atom is 0.317 e. The molecule has 1 saturated heterocycles. The van der Waals surface area contributed by atoms with Gasteiger partial charge in [0.05, 0.1) is 11.4 Å². The quantitative estimate of drug-likeness (QED) is 0.338. The Bertz CT molecular complexity index is 1420. The molecule has 1 aliphatic carbocycles. The van der Waals surface area contributed by atoms with Crippen molar-refractivity contribution in [1.82, 2.24) is 15.5 Å². The van der Waals surface area contributed by atoms with Crippen LogP contribution in [-0.4, -0.2) is 62.0 Å². The minimum atomic E-state index is -1.14. The van der Waals surface area contributed by atoms with E-state index in [0.717, 1.165) is 24.1 Å². The van der Waals surface area contributed by atoms with Crippen LogP contribution < -0.4 is 20.9 Å². The summed E-state index contributed by atoms with van der Waals surface area (Å²) in [6.45, 7) is 4.87. The topological polar surface area (TPSA) is 93.8 Å². The van der Waals surface area contributed by atoms with Crippen molar-refractivity contribution in [2.75, 3.05) is 49.5 Å². The second-order valence-corrected chi connectivity index (χ2v) is 10.9. The molecule has 0 radical (unpaired) electrons. The Morgan fingerprint density at radius 3 is 2.38 bits per heavy atom. The van der Waals surface area contributed by atoms with Gasteiger partial charge in [0.1, 0.15) is 0 Å². The number of nitrogens with zero attached hydrogens (tertiary/aromatic N) is 2. The van der Waals surface area contributed by atoms with Gasteiger partial charge in [0, 0.05) is 60.5 Å². The van der Waals surface area contributed by atoms with E-state index in [4.69, 9.17) is 23.2 Å². The maximum absolute atomic E-state index is 13.8. The molecule has 0 saturated carbocycles. The van der Waals surface area contributed by atoms with Crippen LogP contribution in [0.3, 0.4) is 0 Å². The van der Waals surface area contributed by atoms with Crippen LogP contribution in [0.15, 0.2) is 58.1 Å². The third-order valence-electron chi connectivity index (χ3n) is 7.14. The first-order valence-corrected chi connectivity index (χ1v) is 14.6. The molecule has 3 N–H and O–H groups in total. The van der Waals surface area contributed by atoms with E-state index in [-0.39, 0.29) is 17.5 Å².